The van der Waals surface area contributed by atoms with Gasteiger partial charge in [-0.1, -0.05) is 12.1 Å². The van der Waals surface area contributed by atoms with E-state index in [1.165, 1.54) is 12.1 Å². The van der Waals surface area contributed by atoms with Crippen LogP contribution in [0.3, 0.4) is 0 Å². The van der Waals surface area contributed by atoms with E-state index in [-0.39, 0.29) is 18.7 Å². The number of carboxylic acid groups (broad SMARTS) is 1. The Labute approximate surface area is 117 Å². The molecule has 0 bridgehead atoms. The lowest BCUT2D eigenvalue weighted by Gasteiger charge is -2.19. The molecule has 0 unspecified atom stereocenters. The molecule has 110 valence electrons. The van der Waals surface area contributed by atoms with E-state index in [9.17, 15) is 14.7 Å². The third-order valence-corrected chi connectivity index (χ3v) is 2.33. The van der Waals surface area contributed by atoms with Crippen LogP contribution in [0.5, 0.6) is 5.75 Å². The van der Waals surface area contributed by atoms with Gasteiger partial charge in [0.1, 0.15) is 11.4 Å². The summed E-state index contributed by atoms with van der Waals surface area (Å²) < 4.78 is 5.08. The molecule has 0 aromatic heterocycles. The summed E-state index contributed by atoms with van der Waals surface area (Å²) in [6, 6.07) is 4.60. The van der Waals surface area contributed by atoms with E-state index < -0.39 is 17.7 Å². The molecule has 1 aromatic rings. The van der Waals surface area contributed by atoms with Crippen molar-refractivity contribution < 1.29 is 24.5 Å². The van der Waals surface area contributed by atoms with Crippen LogP contribution in [0, 0.1) is 0 Å². The maximum absolute atomic E-state index is 11.5. The SMILES string of the molecule is CC(C)(C)OC(=O)NCc1ccc(CC(=O)O)c(O)c1. The minimum absolute atomic E-state index is 0.101. The van der Waals surface area contributed by atoms with E-state index >= 15 is 0 Å². The number of amides is 1. The number of hydrogen-bond donors (Lipinski definition) is 3. The summed E-state index contributed by atoms with van der Waals surface area (Å²) in [5.41, 5.74) is 0.415. The fraction of sp³-hybridized carbons (Fsp3) is 0.429. The van der Waals surface area contributed by atoms with Crippen LogP contribution >= 0.6 is 0 Å². The van der Waals surface area contributed by atoms with E-state index in [1.54, 1.807) is 26.8 Å². The number of phenols is 1. The molecule has 6 nitrogen and oxygen atoms in total. The molecular formula is C14H19NO5. The number of carbonyl (C=O) groups excluding carboxylic acids is 1. The maximum Gasteiger partial charge on any atom is 0.407 e. The number of nitrogens with one attached hydrogen (secondary N) is 1. The number of benzene rings is 1. The smallest absolute Gasteiger partial charge is 0.407 e. The second kappa shape index (κ2) is 6.27. The number of aromatic hydroxyl groups is 1. The summed E-state index contributed by atoms with van der Waals surface area (Å²) in [5, 5.41) is 20.9. The number of phenolic OH excluding ortho intramolecular Hbond substituents is 1. The van der Waals surface area contributed by atoms with Crippen molar-refractivity contribution >= 4 is 12.1 Å². The van der Waals surface area contributed by atoms with Crippen LogP contribution in [0.2, 0.25) is 0 Å². The van der Waals surface area contributed by atoms with E-state index in [2.05, 4.69) is 5.32 Å². The normalized spacial score (nSPS) is 10.9. The van der Waals surface area contributed by atoms with Gasteiger partial charge in [0.25, 0.3) is 0 Å². The molecule has 0 radical (unpaired) electrons. The quantitative estimate of drug-likeness (QED) is 0.785. The summed E-state index contributed by atoms with van der Waals surface area (Å²) in [6.45, 7) is 5.48. The number of ether oxygens (including phenoxy) is 1. The van der Waals surface area contributed by atoms with E-state index in [0.717, 1.165) is 0 Å². The Morgan fingerprint density at radius 3 is 2.45 bits per heavy atom. The molecule has 0 aliphatic carbocycles. The van der Waals surface area contributed by atoms with E-state index in [4.69, 9.17) is 9.84 Å². The van der Waals surface area contributed by atoms with Crippen LogP contribution in [0.1, 0.15) is 31.9 Å². The highest BCUT2D eigenvalue weighted by molar-refractivity contribution is 5.71. The van der Waals surface area contributed by atoms with E-state index in [1.807, 2.05) is 0 Å². The van der Waals surface area contributed by atoms with Crippen molar-refractivity contribution in [3.05, 3.63) is 29.3 Å². The molecular weight excluding hydrogens is 262 g/mol. The average Bonchev–Trinajstić information content (AvgIpc) is 2.27. The van der Waals surface area contributed by atoms with Crippen molar-refractivity contribution in [2.24, 2.45) is 0 Å². The summed E-state index contributed by atoms with van der Waals surface area (Å²) >= 11 is 0. The molecule has 20 heavy (non-hydrogen) atoms. The van der Waals surface area contributed by atoms with Gasteiger partial charge >= 0.3 is 12.1 Å². The minimum Gasteiger partial charge on any atom is -0.508 e. The summed E-state index contributed by atoms with van der Waals surface area (Å²) in [5.74, 6) is -1.11. The number of hydrogen-bond acceptors (Lipinski definition) is 4. The molecule has 0 atom stereocenters. The van der Waals surface area contributed by atoms with Crippen LogP contribution in [-0.2, 0) is 22.5 Å². The zero-order chi connectivity index (χ0) is 15.3. The first-order chi connectivity index (χ1) is 9.17. The summed E-state index contributed by atoms with van der Waals surface area (Å²) in [6.07, 6.45) is -0.794. The Bertz CT molecular complexity index is 505. The Kier molecular flexibility index (Phi) is 4.96. The molecule has 0 fully saturated rings. The zero-order valence-corrected chi connectivity index (χ0v) is 11.8. The molecule has 0 aliphatic rings. The van der Waals surface area contributed by atoms with Gasteiger partial charge < -0.3 is 20.3 Å². The van der Waals surface area contributed by atoms with Crippen molar-refractivity contribution in [2.45, 2.75) is 39.3 Å². The molecule has 0 heterocycles. The van der Waals surface area contributed by atoms with Gasteiger partial charge in [-0.2, -0.15) is 0 Å². The van der Waals surface area contributed by atoms with Crippen LogP contribution < -0.4 is 5.32 Å². The fourth-order valence-electron chi connectivity index (χ4n) is 1.52. The molecule has 0 spiro atoms. The third-order valence-electron chi connectivity index (χ3n) is 2.33. The molecule has 6 heteroatoms. The van der Waals surface area contributed by atoms with Gasteiger partial charge in [-0.05, 0) is 32.4 Å². The van der Waals surface area contributed by atoms with Gasteiger partial charge in [0.05, 0.1) is 6.42 Å². The maximum atomic E-state index is 11.5. The third kappa shape index (κ3) is 5.60. The predicted molar refractivity (Wildman–Crippen MR) is 72.5 cm³/mol. The van der Waals surface area contributed by atoms with Crippen molar-refractivity contribution in [3.8, 4) is 5.75 Å². The number of aliphatic carboxylic acids is 1. The van der Waals surface area contributed by atoms with Gasteiger partial charge in [-0.15, -0.1) is 0 Å². The Hall–Kier alpha value is -2.24. The average molecular weight is 281 g/mol. The number of rotatable bonds is 4. The van der Waals surface area contributed by atoms with Crippen LogP contribution in [0.4, 0.5) is 4.79 Å². The summed E-state index contributed by atoms with van der Waals surface area (Å²) in [7, 11) is 0. The van der Waals surface area contributed by atoms with Crippen LogP contribution in [0.15, 0.2) is 18.2 Å². The van der Waals surface area contributed by atoms with Crippen molar-refractivity contribution in [1.29, 1.82) is 0 Å². The lowest BCUT2D eigenvalue weighted by atomic mass is 10.1. The van der Waals surface area contributed by atoms with Crippen molar-refractivity contribution in [3.63, 3.8) is 0 Å². The second-order valence-electron chi connectivity index (χ2n) is 5.39. The van der Waals surface area contributed by atoms with Gasteiger partial charge in [-0.25, -0.2) is 4.79 Å². The summed E-state index contributed by atoms with van der Waals surface area (Å²) in [4.78, 5) is 22.0. The number of carboxylic acids is 1. The van der Waals surface area contributed by atoms with Crippen molar-refractivity contribution in [1.82, 2.24) is 5.32 Å². The van der Waals surface area contributed by atoms with Gasteiger partial charge in [-0.3, -0.25) is 4.79 Å². The van der Waals surface area contributed by atoms with E-state index in [0.29, 0.717) is 11.1 Å². The lowest BCUT2D eigenvalue weighted by Crippen LogP contribution is -2.32. The molecule has 1 rings (SSSR count). The minimum atomic E-state index is -1.01. The Balaban J connectivity index is 2.59. The molecule has 0 saturated carbocycles. The lowest BCUT2D eigenvalue weighted by molar-refractivity contribution is -0.136. The monoisotopic (exact) mass is 281 g/mol. The zero-order valence-electron chi connectivity index (χ0n) is 11.8. The first-order valence-corrected chi connectivity index (χ1v) is 6.17. The molecule has 3 N–H and O–H groups in total. The molecule has 1 amide bonds. The highest BCUT2D eigenvalue weighted by Crippen LogP contribution is 2.19. The standard InChI is InChI=1S/C14H19NO5/c1-14(2,3)20-13(19)15-8-9-4-5-10(7-12(17)18)11(16)6-9/h4-6,16H,7-8H2,1-3H3,(H,15,19)(H,17,18). The fourth-order valence-corrected chi connectivity index (χ4v) is 1.52. The molecule has 0 aliphatic heterocycles. The highest BCUT2D eigenvalue weighted by atomic mass is 16.6. The Morgan fingerprint density at radius 1 is 1.30 bits per heavy atom. The number of alkyl carbamates (subject to hydrolysis) is 1. The van der Waals surface area contributed by atoms with Gasteiger partial charge in [0, 0.05) is 12.1 Å². The van der Waals surface area contributed by atoms with Gasteiger partial charge in [0.15, 0.2) is 0 Å². The Morgan fingerprint density at radius 2 is 1.95 bits per heavy atom. The molecule has 0 saturated heterocycles. The predicted octanol–water partition coefficient (Wildman–Crippen LogP) is 2.04. The molecule has 1 aromatic carbocycles. The topological polar surface area (TPSA) is 95.9 Å². The largest absolute Gasteiger partial charge is 0.508 e. The van der Waals surface area contributed by atoms with Crippen molar-refractivity contribution in [2.75, 3.05) is 0 Å². The van der Waals surface area contributed by atoms with Crippen LogP contribution in [-0.4, -0.2) is 27.9 Å². The highest BCUT2D eigenvalue weighted by Gasteiger charge is 2.15. The van der Waals surface area contributed by atoms with Gasteiger partial charge in [0.2, 0.25) is 0 Å². The first-order valence-electron chi connectivity index (χ1n) is 6.17. The van der Waals surface area contributed by atoms with Crippen LogP contribution in [0.25, 0.3) is 0 Å². The first kappa shape index (κ1) is 15.8. The number of carbonyl (C=O) groups is 2. The second-order valence-corrected chi connectivity index (χ2v) is 5.39.